The number of amides is 1. The van der Waals surface area contributed by atoms with Gasteiger partial charge in [-0.1, -0.05) is 30.3 Å². The molecule has 5 heteroatoms. The van der Waals surface area contributed by atoms with Crippen molar-refractivity contribution in [3.8, 4) is 11.5 Å². The highest BCUT2D eigenvalue weighted by Gasteiger charge is 2.09. The maximum atomic E-state index is 12.1. The van der Waals surface area contributed by atoms with Gasteiger partial charge < -0.3 is 14.8 Å². The smallest absolute Gasteiger partial charge is 0.262 e. The van der Waals surface area contributed by atoms with Crippen LogP contribution in [0.5, 0.6) is 11.5 Å². The number of carbonyl (C=O) groups is 2. The van der Waals surface area contributed by atoms with Crippen LogP contribution in [0.4, 0.5) is 5.69 Å². The van der Waals surface area contributed by atoms with Gasteiger partial charge in [0.2, 0.25) is 0 Å². The van der Waals surface area contributed by atoms with Gasteiger partial charge in [0, 0.05) is 5.69 Å². The number of aldehydes is 1. The number of rotatable bonds is 6. The van der Waals surface area contributed by atoms with Gasteiger partial charge in [-0.3, -0.25) is 9.59 Å². The fourth-order valence-corrected chi connectivity index (χ4v) is 2.48. The summed E-state index contributed by atoms with van der Waals surface area (Å²) in [4.78, 5) is 23.2. The highest BCUT2D eigenvalue weighted by atomic mass is 16.5. The van der Waals surface area contributed by atoms with Crippen LogP contribution in [-0.2, 0) is 4.79 Å². The van der Waals surface area contributed by atoms with Crippen molar-refractivity contribution < 1.29 is 19.1 Å². The average molecular weight is 335 g/mol. The molecule has 3 rings (SSSR count). The third-order valence-electron chi connectivity index (χ3n) is 3.74. The van der Waals surface area contributed by atoms with E-state index >= 15 is 0 Å². The molecule has 0 saturated heterocycles. The topological polar surface area (TPSA) is 64.6 Å². The predicted octanol–water partition coefficient (Wildman–Crippen LogP) is 3.68. The zero-order chi connectivity index (χ0) is 17.6. The Kier molecular flexibility index (Phi) is 4.95. The minimum Gasteiger partial charge on any atom is -0.497 e. The van der Waals surface area contributed by atoms with E-state index in [0.29, 0.717) is 29.0 Å². The number of methoxy groups -OCH3 is 1. The molecule has 0 bridgehead atoms. The molecule has 0 aliphatic heterocycles. The van der Waals surface area contributed by atoms with Gasteiger partial charge in [-0.2, -0.15) is 0 Å². The SMILES string of the molecule is COc1ccc(OCC(=O)Nc2ccc3ccccc3c2)c(C=O)c1. The molecule has 0 aromatic heterocycles. The number of nitrogens with one attached hydrogen (secondary N) is 1. The van der Waals surface area contributed by atoms with Crippen molar-refractivity contribution in [2.24, 2.45) is 0 Å². The second-order valence-electron chi connectivity index (χ2n) is 5.42. The van der Waals surface area contributed by atoms with E-state index in [2.05, 4.69) is 5.32 Å². The molecule has 0 aliphatic carbocycles. The first-order chi connectivity index (χ1) is 12.2. The van der Waals surface area contributed by atoms with Crippen LogP contribution in [0.1, 0.15) is 10.4 Å². The van der Waals surface area contributed by atoms with Crippen molar-refractivity contribution in [2.75, 3.05) is 19.0 Å². The largest absolute Gasteiger partial charge is 0.497 e. The third kappa shape index (κ3) is 3.95. The summed E-state index contributed by atoms with van der Waals surface area (Å²) in [6, 6.07) is 18.4. The number of anilines is 1. The lowest BCUT2D eigenvalue weighted by molar-refractivity contribution is -0.118. The lowest BCUT2D eigenvalue weighted by atomic mass is 10.1. The van der Waals surface area contributed by atoms with Gasteiger partial charge in [-0.05, 0) is 41.1 Å². The number of benzene rings is 3. The molecule has 0 fully saturated rings. The number of carbonyl (C=O) groups excluding carboxylic acids is 2. The number of hydrogen-bond donors (Lipinski definition) is 1. The fraction of sp³-hybridized carbons (Fsp3) is 0.100. The van der Waals surface area contributed by atoms with Crippen molar-refractivity contribution in [1.82, 2.24) is 0 Å². The van der Waals surface area contributed by atoms with Gasteiger partial charge in [-0.15, -0.1) is 0 Å². The van der Waals surface area contributed by atoms with Gasteiger partial charge in [0.1, 0.15) is 11.5 Å². The molecule has 3 aromatic carbocycles. The number of hydrogen-bond acceptors (Lipinski definition) is 4. The summed E-state index contributed by atoms with van der Waals surface area (Å²) in [6.45, 7) is -0.194. The molecule has 0 unspecified atom stereocenters. The second-order valence-corrected chi connectivity index (χ2v) is 5.42. The van der Waals surface area contributed by atoms with Crippen LogP contribution in [0.2, 0.25) is 0 Å². The molecule has 0 radical (unpaired) electrons. The summed E-state index contributed by atoms with van der Waals surface area (Å²) >= 11 is 0. The Labute approximate surface area is 145 Å². The van der Waals surface area contributed by atoms with Crippen LogP contribution >= 0.6 is 0 Å². The number of fused-ring (bicyclic) bond motifs is 1. The molecule has 0 atom stereocenters. The Morgan fingerprint density at radius 3 is 2.60 bits per heavy atom. The van der Waals surface area contributed by atoms with Crippen LogP contribution in [-0.4, -0.2) is 25.9 Å². The van der Waals surface area contributed by atoms with E-state index in [1.54, 1.807) is 18.2 Å². The van der Waals surface area contributed by atoms with E-state index in [1.807, 2.05) is 42.5 Å². The minimum absolute atomic E-state index is 0.194. The Balaban J connectivity index is 1.65. The highest BCUT2D eigenvalue weighted by molar-refractivity contribution is 5.95. The van der Waals surface area contributed by atoms with Gasteiger partial charge in [0.15, 0.2) is 12.9 Å². The Morgan fingerprint density at radius 1 is 1.04 bits per heavy atom. The molecule has 5 nitrogen and oxygen atoms in total. The Bertz CT molecular complexity index is 920. The van der Waals surface area contributed by atoms with Crippen molar-refractivity contribution in [3.05, 3.63) is 66.2 Å². The van der Waals surface area contributed by atoms with E-state index in [4.69, 9.17) is 9.47 Å². The normalized spacial score (nSPS) is 10.3. The van der Waals surface area contributed by atoms with Crippen LogP contribution in [0.3, 0.4) is 0 Å². The molecule has 0 aliphatic rings. The lowest BCUT2D eigenvalue weighted by Crippen LogP contribution is -2.20. The van der Waals surface area contributed by atoms with E-state index in [1.165, 1.54) is 7.11 Å². The van der Waals surface area contributed by atoms with Crippen LogP contribution in [0.15, 0.2) is 60.7 Å². The monoisotopic (exact) mass is 335 g/mol. The molecule has 0 heterocycles. The molecule has 1 N–H and O–H groups in total. The summed E-state index contributed by atoms with van der Waals surface area (Å²) in [5.41, 5.74) is 1.02. The van der Waals surface area contributed by atoms with E-state index in [0.717, 1.165) is 10.8 Å². The summed E-state index contributed by atoms with van der Waals surface area (Å²) < 4.78 is 10.5. The zero-order valence-corrected chi connectivity index (χ0v) is 13.7. The summed E-state index contributed by atoms with van der Waals surface area (Å²) in [5, 5.41) is 4.93. The first-order valence-corrected chi connectivity index (χ1v) is 7.74. The van der Waals surface area contributed by atoms with Crippen molar-refractivity contribution in [1.29, 1.82) is 0 Å². The van der Waals surface area contributed by atoms with Gasteiger partial charge in [0.05, 0.1) is 12.7 Å². The number of ether oxygens (including phenoxy) is 2. The maximum Gasteiger partial charge on any atom is 0.262 e. The fourth-order valence-electron chi connectivity index (χ4n) is 2.48. The maximum absolute atomic E-state index is 12.1. The molecule has 126 valence electrons. The highest BCUT2D eigenvalue weighted by Crippen LogP contribution is 2.23. The predicted molar refractivity (Wildman–Crippen MR) is 96.5 cm³/mol. The van der Waals surface area contributed by atoms with Gasteiger partial charge in [-0.25, -0.2) is 0 Å². The van der Waals surface area contributed by atoms with Gasteiger partial charge in [0.25, 0.3) is 5.91 Å². The first-order valence-electron chi connectivity index (χ1n) is 7.74. The summed E-state index contributed by atoms with van der Waals surface area (Å²) in [7, 11) is 1.52. The van der Waals surface area contributed by atoms with Gasteiger partial charge >= 0.3 is 0 Å². The minimum atomic E-state index is -0.303. The Hall–Kier alpha value is -3.34. The summed E-state index contributed by atoms with van der Waals surface area (Å²) in [6.07, 6.45) is 0.666. The molecular formula is C20H17NO4. The standard InChI is InChI=1S/C20H17NO4/c1-24-18-8-9-19(16(11-18)12-22)25-13-20(23)21-17-7-6-14-4-2-3-5-15(14)10-17/h2-12H,13H2,1H3,(H,21,23). The lowest BCUT2D eigenvalue weighted by Gasteiger charge is -2.10. The quantitative estimate of drug-likeness (QED) is 0.698. The van der Waals surface area contributed by atoms with E-state index < -0.39 is 0 Å². The zero-order valence-electron chi connectivity index (χ0n) is 13.7. The van der Waals surface area contributed by atoms with Crippen molar-refractivity contribution >= 4 is 28.7 Å². The molecule has 1 amide bonds. The van der Waals surface area contributed by atoms with Crippen LogP contribution < -0.4 is 14.8 Å². The molecule has 0 spiro atoms. The Morgan fingerprint density at radius 2 is 1.84 bits per heavy atom. The molecule has 3 aromatic rings. The van der Waals surface area contributed by atoms with Crippen LogP contribution in [0, 0.1) is 0 Å². The average Bonchev–Trinajstić information content (AvgIpc) is 2.66. The van der Waals surface area contributed by atoms with Crippen LogP contribution in [0.25, 0.3) is 10.8 Å². The molecular weight excluding hydrogens is 318 g/mol. The first kappa shape index (κ1) is 16.5. The van der Waals surface area contributed by atoms with Crippen molar-refractivity contribution in [3.63, 3.8) is 0 Å². The molecule has 25 heavy (non-hydrogen) atoms. The van der Waals surface area contributed by atoms with E-state index in [-0.39, 0.29) is 12.5 Å². The summed E-state index contributed by atoms with van der Waals surface area (Å²) in [5.74, 6) is 0.586. The van der Waals surface area contributed by atoms with Crippen molar-refractivity contribution in [2.45, 2.75) is 0 Å². The third-order valence-corrected chi connectivity index (χ3v) is 3.74. The van der Waals surface area contributed by atoms with E-state index in [9.17, 15) is 9.59 Å². The second kappa shape index (κ2) is 7.49. The molecule has 0 saturated carbocycles.